The van der Waals surface area contributed by atoms with Crippen molar-refractivity contribution in [1.29, 1.82) is 0 Å². The van der Waals surface area contributed by atoms with Crippen LogP contribution in [0.2, 0.25) is 0 Å². The number of esters is 1. The highest BCUT2D eigenvalue weighted by Gasteiger charge is 2.19. The third-order valence-corrected chi connectivity index (χ3v) is 3.99. The van der Waals surface area contributed by atoms with Crippen LogP contribution in [0.15, 0.2) is 10.5 Å². The van der Waals surface area contributed by atoms with Crippen LogP contribution in [0.3, 0.4) is 0 Å². The number of carbonyl (C=O) groups excluding carboxylic acids is 2. The minimum atomic E-state index is -0.474. The highest BCUT2D eigenvalue weighted by molar-refractivity contribution is 9.10. The fraction of sp³-hybridized carbons (Fsp3) is 0.429. The maximum Gasteiger partial charge on any atom is 0.313 e. The molecule has 0 spiro atoms. The Bertz CT molecular complexity index is 492. The van der Waals surface area contributed by atoms with Gasteiger partial charge in [-0.05, 0) is 44.4 Å². The van der Waals surface area contributed by atoms with Gasteiger partial charge in [0, 0.05) is 10.0 Å². The molecule has 0 N–H and O–H groups in total. The van der Waals surface area contributed by atoms with E-state index in [-0.39, 0.29) is 12.2 Å². The zero-order valence-corrected chi connectivity index (χ0v) is 12.7. The van der Waals surface area contributed by atoms with Gasteiger partial charge in [-0.2, -0.15) is 0 Å². The van der Waals surface area contributed by atoms with Crippen molar-refractivity contribution in [1.82, 2.24) is 0 Å². The Morgan fingerprint density at radius 3 is 2.39 bits per heavy atom. The molecule has 1 aromatic carbocycles. The van der Waals surface area contributed by atoms with Gasteiger partial charge < -0.3 is 4.74 Å². The molecule has 0 aromatic heterocycles. The van der Waals surface area contributed by atoms with Crippen LogP contribution in [0.4, 0.5) is 0 Å². The summed E-state index contributed by atoms with van der Waals surface area (Å²) in [5, 5.41) is 0. The van der Waals surface area contributed by atoms with Gasteiger partial charge in [0.05, 0.1) is 6.61 Å². The summed E-state index contributed by atoms with van der Waals surface area (Å²) in [6, 6.07) is 1.94. The second-order valence-corrected chi connectivity index (χ2v) is 5.02. The van der Waals surface area contributed by atoms with Crippen LogP contribution in [0.5, 0.6) is 0 Å². The normalized spacial score (nSPS) is 10.3. The largest absolute Gasteiger partial charge is 0.466 e. The number of benzene rings is 1. The van der Waals surface area contributed by atoms with Crippen molar-refractivity contribution >= 4 is 27.7 Å². The molecule has 0 aliphatic rings. The molecule has 0 radical (unpaired) electrons. The standard InChI is InChI=1S/C14H17BrO3/c1-5-18-12(17)7-11(16)13-8(2)6-9(3)14(15)10(13)4/h6H,5,7H2,1-4H3. The zero-order chi connectivity index (χ0) is 13.9. The molecule has 0 saturated carbocycles. The fourth-order valence-corrected chi connectivity index (χ4v) is 2.33. The molecule has 98 valence electrons. The monoisotopic (exact) mass is 312 g/mol. The highest BCUT2D eigenvalue weighted by atomic mass is 79.9. The molecule has 0 aliphatic carbocycles. The number of carbonyl (C=O) groups is 2. The number of hydrogen-bond acceptors (Lipinski definition) is 3. The Labute approximate surface area is 116 Å². The van der Waals surface area contributed by atoms with Gasteiger partial charge in [-0.1, -0.05) is 22.0 Å². The lowest BCUT2D eigenvalue weighted by atomic mass is 9.95. The molecule has 3 nitrogen and oxygen atoms in total. The number of Topliss-reactive ketones (excluding diaryl/α,β-unsaturated/α-hetero) is 1. The number of aryl methyl sites for hydroxylation is 2. The van der Waals surface area contributed by atoms with Crippen molar-refractivity contribution in [3.8, 4) is 0 Å². The summed E-state index contributed by atoms with van der Waals surface area (Å²) in [5.74, 6) is -0.665. The van der Waals surface area contributed by atoms with Gasteiger partial charge in [0.2, 0.25) is 0 Å². The Balaban J connectivity index is 3.07. The quantitative estimate of drug-likeness (QED) is 0.485. The van der Waals surface area contributed by atoms with Gasteiger partial charge in [-0.15, -0.1) is 0 Å². The lowest BCUT2D eigenvalue weighted by Gasteiger charge is -2.12. The van der Waals surface area contributed by atoms with Crippen LogP contribution < -0.4 is 0 Å². The lowest BCUT2D eigenvalue weighted by molar-refractivity contribution is -0.141. The van der Waals surface area contributed by atoms with Gasteiger partial charge in [-0.3, -0.25) is 9.59 Å². The van der Waals surface area contributed by atoms with Gasteiger partial charge in [-0.25, -0.2) is 0 Å². The predicted octanol–water partition coefficient (Wildman–Crippen LogP) is 3.51. The lowest BCUT2D eigenvalue weighted by Crippen LogP contribution is -2.14. The smallest absolute Gasteiger partial charge is 0.313 e. The molecule has 0 amide bonds. The third kappa shape index (κ3) is 3.19. The van der Waals surface area contributed by atoms with Crippen LogP contribution >= 0.6 is 15.9 Å². The minimum absolute atomic E-state index is 0.191. The van der Waals surface area contributed by atoms with Gasteiger partial charge in [0.25, 0.3) is 0 Å². The average Bonchev–Trinajstić information content (AvgIpc) is 2.26. The Morgan fingerprint density at radius 2 is 1.83 bits per heavy atom. The first-order chi connectivity index (χ1) is 8.38. The maximum absolute atomic E-state index is 12.1. The molecule has 0 unspecified atom stereocenters. The molecular weight excluding hydrogens is 296 g/mol. The number of ether oxygens (including phenoxy) is 1. The van der Waals surface area contributed by atoms with E-state index in [1.165, 1.54) is 0 Å². The van der Waals surface area contributed by atoms with Crippen LogP contribution in [0.25, 0.3) is 0 Å². The van der Waals surface area contributed by atoms with Crippen molar-refractivity contribution in [2.75, 3.05) is 6.61 Å². The van der Waals surface area contributed by atoms with Crippen molar-refractivity contribution in [2.24, 2.45) is 0 Å². The molecule has 1 aromatic rings. The zero-order valence-electron chi connectivity index (χ0n) is 11.1. The summed E-state index contributed by atoms with van der Waals surface area (Å²) >= 11 is 3.46. The summed E-state index contributed by atoms with van der Waals surface area (Å²) in [7, 11) is 0. The van der Waals surface area contributed by atoms with E-state index >= 15 is 0 Å². The van der Waals surface area contributed by atoms with Crippen molar-refractivity contribution in [2.45, 2.75) is 34.1 Å². The molecule has 0 aliphatic heterocycles. The molecular formula is C14H17BrO3. The second-order valence-electron chi connectivity index (χ2n) is 4.23. The Hall–Kier alpha value is -1.16. The van der Waals surface area contributed by atoms with Gasteiger partial charge >= 0.3 is 5.97 Å². The molecule has 1 rings (SSSR count). The molecule has 0 atom stereocenters. The summed E-state index contributed by atoms with van der Waals surface area (Å²) < 4.78 is 5.71. The van der Waals surface area contributed by atoms with Crippen molar-refractivity contribution in [3.63, 3.8) is 0 Å². The number of ketones is 1. The first-order valence-corrected chi connectivity index (χ1v) is 6.62. The van der Waals surface area contributed by atoms with E-state index in [1.54, 1.807) is 6.92 Å². The van der Waals surface area contributed by atoms with E-state index in [1.807, 2.05) is 26.8 Å². The van der Waals surface area contributed by atoms with Gasteiger partial charge in [0.1, 0.15) is 6.42 Å². The Kier molecular flexibility index (Phi) is 5.08. The molecule has 0 saturated heterocycles. The van der Waals surface area contributed by atoms with E-state index in [0.717, 1.165) is 21.2 Å². The Morgan fingerprint density at radius 1 is 1.22 bits per heavy atom. The van der Waals surface area contributed by atoms with Crippen molar-refractivity contribution in [3.05, 3.63) is 32.8 Å². The van der Waals surface area contributed by atoms with E-state index in [9.17, 15) is 9.59 Å². The van der Waals surface area contributed by atoms with Gasteiger partial charge in [0.15, 0.2) is 5.78 Å². The van der Waals surface area contributed by atoms with E-state index < -0.39 is 5.97 Å². The summed E-state index contributed by atoms with van der Waals surface area (Å²) in [5.41, 5.74) is 3.46. The van der Waals surface area contributed by atoms with Crippen molar-refractivity contribution < 1.29 is 14.3 Å². The molecule has 0 fully saturated rings. The summed E-state index contributed by atoms with van der Waals surface area (Å²) in [6.07, 6.45) is -0.203. The molecule has 18 heavy (non-hydrogen) atoms. The highest BCUT2D eigenvalue weighted by Crippen LogP contribution is 2.27. The fourth-order valence-electron chi connectivity index (χ4n) is 2.02. The maximum atomic E-state index is 12.1. The SMILES string of the molecule is CCOC(=O)CC(=O)c1c(C)cc(C)c(Br)c1C. The third-order valence-electron chi connectivity index (χ3n) is 2.77. The van der Waals surface area contributed by atoms with Crippen LogP contribution in [-0.2, 0) is 9.53 Å². The summed E-state index contributed by atoms with van der Waals surface area (Å²) in [6.45, 7) is 7.75. The van der Waals surface area contributed by atoms with E-state index in [0.29, 0.717) is 12.2 Å². The number of rotatable bonds is 4. The van der Waals surface area contributed by atoms with Crippen LogP contribution in [-0.4, -0.2) is 18.4 Å². The van der Waals surface area contributed by atoms with Crippen LogP contribution in [0, 0.1) is 20.8 Å². The molecule has 0 bridgehead atoms. The van der Waals surface area contributed by atoms with E-state index in [2.05, 4.69) is 15.9 Å². The predicted molar refractivity (Wildman–Crippen MR) is 73.9 cm³/mol. The first kappa shape index (κ1) is 14.9. The number of hydrogen-bond donors (Lipinski definition) is 0. The summed E-state index contributed by atoms with van der Waals surface area (Å²) in [4.78, 5) is 23.5. The average molecular weight is 313 g/mol. The molecule has 4 heteroatoms. The van der Waals surface area contributed by atoms with E-state index in [4.69, 9.17) is 4.74 Å². The topological polar surface area (TPSA) is 43.4 Å². The van der Waals surface area contributed by atoms with Crippen LogP contribution in [0.1, 0.15) is 40.4 Å². The number of halogens is 1. The minimum Gasteiger partial charge on any atom is -0.466 e. The second kappa shape index (κ2) is 6.14. The first-order valence-electron chi connectivity index (χ1n) is 5.83. The molecule has 0 heterocycles.